The Hall–Kier alpha value is -2.16. The smallest absolute Gasteiger partial charge is 0.404 e. The molecule has 90 valence electrons. The van der Waals surface area contributed by atoms with Gasteiger partial charge >= 0.3 is 6.36 Å². The molecule has 0 bridgehead atoms. The van der Waals surface area contributed by atoms with E-state index in [-0.39, 0.29) is 12.1 Å². The van der Waals surface area contributed by atoms with Gasteiger partial charge in [0, 0.05) is 0 Å². The van der Waals surface area contributed by atoms with Gasteiger partial charge in [-0.2, -0.15) is 5.26 Å². The first-order valence-corrected chi connectivity index (χ1v) is 4.61. The summed E-state index contributed by atoms with van der Waals surface area (Å²) in [6.07, 6.45) is -1.54. The molecule has 0 atom stereocenters. The van der Waals surface area contributed by atoms with E-state index in [2.05, 4.69) is 4.74 Å². The van der Waals surface area contributed by atoms with E-state index in [0.29, 0.717) is 5.56 Å². The second-order valence-corrected chi connectivity index (χ2v) is 3.11. The summed E-state index contributed by atoms with van der Waals surface area (Å²) in [5, 5.41) is 8.30. The molecule has 0 unspecified atom stereocenters. The van der Waals surface area contributed by atoms with Crippen molar-refractivity contribution in [3.8, 4) is 11.8 Å². The average Bonchev–Trinajstić information content (AvgIpc) is 2.21. The summed E-state index contributed by atoms with van der Waals surface area (Å²) in [6, 6.07) is 5.89. The molecule has 17 heavy (non-hydrogen) atoms. The fourth-order valence-corrected chi connectivity index (χ4v) is 1.12. The Morgan fingerprint density at radius 3 is 2.71 bits per heavy atom. The highest BCUT2D eigenvalue weighted by Gasteiger charge is 2.31. The minimum atomic E-state index is -4.77. The molecule has 3 nitrogen and oxygen atoms in total. The molecule has 0 aliphatic carbocycles. The minimum Gasteiger partial charge on any atom is -0.404 e. The number of alkyl halides is 3. The van der Waals surface area contributed by atoms with E-state index in [4.69, 9.17) is 11.0 Å². The largest absolute Gasteiger partial charge is 0.573 e. The molecule has 0 amide bonds. The van der Waals surface area contributed by atoms with Gasteiger partial charge in [-0.25, -0.2) is 0 Å². The van der Waals surface area contributed by atoms with Crippen molar-refractivity contribution in [2.45, 2.75) is 12.8 Å². The van der Waals surface area contributed by atoms with E-state index < -0.39 is 12.1 Å². The Kier molecular flexibility index (Phi) is 3.99. The normalized spacial score (nSPS) is 11.4. The third-order valence-corrected chi connectivity index (χ3v) is 1.78. The van der Waals surface area contributed by atoms with Crippen molar-refractivity contribution in [3.63, 3.8) is 0 Å². The number of benzene rings is 1. The van der Waals surface area contributed by atoms with Crippen molar-refractivity contribution < 1.29 is 17.9 Å². The molecule has 0 spiro atoms. The van der Waals surface area contributed by atoms with Crippen LogP contribution in [0.5, 0.6) is 5.75 Å². The number of hydrogen-bond acceptors (Lipinski definition) is 3. The highest BCUT2D eigenvalue weighted by Crippen LogP contribution is 2.29. The van der Waals surface area contributed by atoms with Crippen LogP contribution in [-0.2, 0) is 0 Å². The summed E-state index contributed by atoms with van der Waals surface area (Å²) < 4.78 is 39.8. The van der Waals surface area contributed by atoms with Gasteiger partial charge in [0.15, 0.2) is 5.75 Å². The van der Waals surface area contributed by atoms with Crippen LogP contribution in [0.4, 0.5) is 18.9 Å². The molecule has 0 saturated carbocycles. The molecule has 0 radical (unpaired) electrons. The van der Waals surface area contributed by atoms with Crippen LogP contribution in [0.25, 0.3) is 6.08 Å². The van der Waals surface area contributed by atoms with Crippen molar-refractivity contribution in [2.24, 2.45) is 0 Å². The summed E-state index contributed by atoms with van der Waals surface area (Å²) in [5.74, 6) is -0.448. The Labute approximate surface area is 95.9 Å². The number of nitrogens with two attached hydrogens (primary N) is 1. The van der Waals surface area contributed by atoms with Gasteiger partial charge in [-0.15, -0.1) is 13.2 Å². The first-order chi connectivity index (χ1) is 7.92. The topological polar surface area (TPSA) is 59.0 Å². The van der Waals surface area contributed by atoms with Gasteiger partial charge in [0.05, 0.1) is 18.2 Å². The maximum atomic E-state index is 12.0. The lowest BCUT2D eigenvalue weighted by atomic mass is 10.1. The Morgan fingerprint density at radius 1 is 1.41 bits per heavy atom. The van der Waals surface area contributed by atoms with E-state index >= 15 is 0 Å². The van der Waals surface area contributed by atoms with Crippen LogP contribution in [0, 0.1) is 11.3 Å². The summed E-state index contributed by atoms with van der Waals surface area (Å²) >= 11 is 0. The Bertz CT molecular complexity index is 461. The Morgan fingerprint density at radius 2 is 2.12 bits per heavy atom. The summed E-state index contributed by atoms with van der Waals surface area (Å²) in [5.41, 5.74) is 5.73. The molecule has 0 aromatic heterocycles. The lowest BCUT2D eigenvalue weighted by Gasteiger charge is -2.11. The van der Waals surface area contributed by atoms with Gasteiger partial charge < -0.3 is 10.5 Å². The maximum absolute atomic E-state index is 12.0. The highest BCUT2D eigenvalue weighted by atomic mass is 19.4. The van der Waals surface area contributed by atoms with Crippen molar-refractivity contribution in [2.75, 3.05) is 5.73 Å². The van der Waals surface area contributed by atoms with Crippen molar-refractivity contribution >= 4 is 11.8 Å². The fourth-order valence-electron chi connectivity index (χ4n) is 1.12. The van der Waals surface area contributed by atoms with Gasteiger partial charge in [-0.1, -0.05) is 18.2 Å². The quantitative estimate of drug-likeness (QED) is 0.828. The van der Waals surface area contributed by atoms with Crippen molar-refractivity contribution in [3.05, 3.63) is 29.8 Å². The molecule has 6 heteroatoms. The van der Waals surface area contributed by atoms with Crippen LogP contribution in [0.3, 0.4) is 0 Å². The van der Waals surface area contributed by atoms with Crippen LogP contribution in [0.15, 0.2) is 24.3 Å². The van der Waals surface area contributed by atoms with Crippen molar-refractivity contribution in [1.82, 2.24) is 0 Å². The molecule has 1 rings (SSSR count). The van der Waals surface area contributed by atoms with Gasteiger partial charge in [-0.3, -0.25) is 0 Å². The zero-order valence-electron chi connectivity index (χ0n) is 8.66. The number of halogens is 3. The summed E-state index contributed by atoms with van der Waals surface area (Å²) in [7, 11) is 0. The third-order valence-electron chi connectivity index (χ3n) is 1.78. The number of nitriles is 1. The molecule has 0 fully saturated rings. The lowest BCUT2D eigenvalue weighted by molar-refractivity contribution is -0.274. The number of hydrogen-bond donors (Lipinski definition) is 1. The van der Waals surface area contributed by atoms with E-state index in [1.807, 2.05) is 6.07 Å². The first-order valence-electron chi connectivity index (χ1n) is 4.61. The zero-order valence-corrected chi connectivity index (χ0v) is 8.66. The number of rotatable bonds is 3. The monoisotopic (exact) mass is 242 g/mol. The number of anilines is 1. The van der Waals surface area contributed by atoms with Crippen LogP contribution in [0.2, 0.25) is 0 Å². The molecule has 0 aliphatic heterocycles. The van der Waals surface area contributed by atoms with Gasteiger partial charge in [0.25, 0.3) is 0 Å². The summed E-state index contributed by atoms with van der Waals surface area (Å²) in [4.78, 5) is 0. The van der Waals surface area contributed by atoms with Crippen molar-refractivity contribution in [1.29, 1.82) is 5.26 Å². The molecular weight excluding hydrogens is 233 g/mol. The van der Waals surface area contributed by atoms with Crippen LogP contribution in [-0.4, -0.2) is 6.36 Å². The predicted molar refractivity (Wildman–Crippen MR) is 56.8 cm³/mol. The predicted octanol–water partition coefficient (Wildman–Crippen LogP) is 3.09. The van der Waals surface area contributed by atoms with Crippen LogP contribution in [0.1, 0.15) is 12.0 Å². The number of nitrogen functional groups attached to an aromatic ring is 1. The second-order valence-electron chi connectivity index (χ2n) is 3.11. The molecule has 1 aromatic carbocycles. The maximum Gasteiger partial charge on any atom is 0.573 e. The van der Waals surface area contributed by atoms with E-state index in [1.165, 1.54) is 24.3 Å². The minimum absolute atomic E-state index is 0.0974. The molecule has 2 N–H and O–H groups in total. The fraction of sp³-hybridized carbons (Fsp3) is 0.182. The van der Waals surface area contributed by atoms with Gasteiger partial charge in [0.2, 0.25) is 0 Å². The molecular formula is C11H9F3N2O. The number of nitrogens with zero attached hydrogens (tertiary/aromatic N) is 1. The van der Waals surface area contributed by atoms with Gasteiger partial charge in [-0.05, 0) is 17.7 Å². The zero-order chi connectivity index (χ0) is 12.9. The number of ether oxygens (including phenoxy) is 1. The average molecular weight is 242 g/mol. The van der Waals surface area contributed by atoms with Crippen LogP contribution < -0.4 is 10.5 Å². The first kappa shape index (κ1) is 12.9. The third kappa shape index (κ3) is 4.47. The summed E-state index contributed by atoms with van der Waals surface area (Å²) in [6.45, 7) is 0. The van der Waals surface area contributed by atoms with E-state index in [0.717, 1.165) is 6.07 Å². The molecule has 1 aromatic rings. The number of allylic oxidation sites excluding steroid dienone is 1. The standard InChI is InChI=1S/C11H9F3N2O/c12-11(13,14)17-10-7-8(3-1-2-6-15)4-5-9(10)16/h1,3-5,7H,2,16H2. The van der Waals surface area contributed by atoms with E-state index in [1.54, 1.807) is 0 Å². The highest BCUT2D eigenvalue weighted by molar-refractivity contribution is 5.61. The van der Waals surface area contributed by atoms with E-state index in [9.17, 15) is 13.2 Å². The lowest BCUT2D eigenvalue weighted by Crippen LogP contribution is -2.18. The molecule has 0 aliphatic rings. The van der Waals surface area contributed by atoms with Crippen LogP contribution >= 0.6 is 0 Å². The second kappa shape index (κ2) is 5.25. The Balaban J connectivity index is 2.91. The van der Waals surface area contributed by atoms with Gasteiger partial charge in [0.1, 0.15) is 0 Å². The SMILES string of the molecule is N#CCC=Cc1ccc(N)c(OC(F)(F)F)c1. The molecule has 0 heterocycles. The molecule has 0 saturated heterocycles.